The van der Waals surface area contributed by atoms with Crippen LogP contribution in [0.4, 0.5) is 10.1 Å². The first-order valence-electron chi connectivity index (χ1n) is 5.09. The monoisotopic (exact) mass is 213 g/mol. The first-order valence-corrected chi connectivity index (χ1v) is 5.09. The van der Waals surface area contributed by atoms with Crippen molar-refractivity contribution in [3.63, 3.8) is 0 Å². The fourth-order valence-corrected chi connectivity index (χ4v) is 1.20. The van der Waals surface area contributed by atoms with Gasteiger partial charge in [-0.3, -0.25) is 0 Å². The second-order valence-electron chi connectivity index (χ2n) is 2.68. The summed E-state index contributed by atoms with van der Waals surface area (Å²) in [5.74, 6) is 1.45. The molecule has 1 aliphatic rings. The summed E-state index contributed by atoms with van der Waals surface area (Å²) < 4.78 is 22.1. The third-order valence-corrected chi connectivity index (χ3v) is 1.80. The molecule has 0 fully saturated rings. The van der Waals surface area contributed by atoms with Gasteiger partial charge in [-0.15, -0.1) is 0 Å². The summed E-state index contributed by atoms with van der Waals surface area (Å²) in [4.78, 5) is 0. The zero-order chi connectivity index (χ0) is 11.1. The number of alkyl halides is 1. The first kappa shape index (κ1) is 11.6. The van der Waals surface area contributed by atoms with Gasteiger partial charge in [-0.25, -0.2) is 4.39 Å². The van der Waals surface area contributed by atoms with E-state index in [4.69, 9.17) is 9.47 Å². The summed E-state index contributed by atoms with van der Waals surface area (Å²) in [6.07, 6.45) is 0. The predicted molar refractivity (Wildman–Crippen MR) is 58.4 cm³/mol. The maximum Gasteiger partial charge on any atom is 0.231 e. The van der Waals surface area contributed by atoms with Crippen molar-refractivity contribution in [2.24, 2.45) is 0 Å². The summed E-state index contributed by atoms with van der Waals surface area (Å²) in [5, 5.41) is 2.91. The average Bonchev–Trinajstić information content (AvgIpc) is 2.76. The molecule has 0 saturated heterocycles. The zero-order valence-electron chi connectivity index (χ0n) is 9.05. The highest BCUT2D eigenvalue weighted by Crippen LogP contribution is 2.33. The molecule has 0 amide bonds. The Morgan fingerprint density at radius 2 is 2.00 bits per heavy atom. The lowest BCUT2D eigenvalue weighted by Gasteiger charge is -2.03. The van der Waals surface area contributed by atoms with E-state index >= 15 is 0 Å². The quantitative estimate of drug-likeness (QED) is 0.837. The fraction of sp³-hybridized carbons (Fsp3) is 0.455. The van der Waals surface area contributed by atoms with Crippen molar-refractivity contribution in [2.45, 2.75) is 13.8 Å². The smallest absolute Gasteiger partial charge is 0.231 e. The Kier molecular flexibility index (Phi) is 4.74. The summed E-state index contributed by atoms with van der Waals surface area (Å²) in [6, 6.07) is 5.45. The van der Waals surface area contributed by atoms with Crippen molar-refractivity contribution in [2.75, 3.05) is 25.3 Å². The number of rotatable bonds is 3. The molecule has 0 aliphatic carbocycles. The largest absolute Gasteiger partial charge is 0.454 e. The Hall–Kier alpha value is -1.45. The lowest BCUT2D eigenvalue weighted by atomic mass is 10.3. The second kappa shape index (κ2) is 6.11. The molecule has 2 rings (SSSR count). The standard InChI is InChI=1S/C9H10FNO2.C2H6/c10-3-4-11-7-1-2-8-9(5-7)13-6-12-8;1-2/h1-2,5,11H,3-4,6H2;1-2H3. The Labute approximate surface area is 89.2 Å². The van der Waals surface area contributed by atoms with Gasteiger partial charge in [0.2, 0.25) is 6.79 Å². The number of hydrogen-bond acceptors (Lipinski definition) is 3. The van der Waals surface area contributed by atoms with Crippen LogP contribution < -0.4 is 14.8 Å². The van der Waals surface area contributed by atoms with E-state index in [-0.39, 0.29) is 13.5 Å². The summed E-state index contributed by atoms with van der Waals surface area (Å²) in [6.45, 7) is 4.20. The number of benzene rings is 1. The molecular formula is C11H16FNO2. The third-order valence-electron chi connectivity index (χ3n) is 1.80. The highest BCUT2D eigenvalue weighted by atomic mass is 19.1. The third kappa shape index (κ3) is 3.01. The number of fused-ring (bicyclic) bond motifs is 1. The van der Waals surface area contributed by atoms with Crippen LogP contribution in [0.15, 0.2) is 18.2 Å². The molecule has 15 heavy (non-hydrogen) atoms. The highest BCUT2D eigenvalue weighted by molar-refractivity contribution is 5.55. The van der Waals surface area contributed by atoms with Gasteiger partial charge in [0, 0.05) is 18.3 Å². The number of halogens is 1. The van der Waals surface area contributed by atoms with E-state index in [0.29, 0.717) is 12.3 Å². The molecule has 3 nitrogen and oxygen atoms in total. The van der Waals surface area contributed by atoms with E-state index in [2.05, 4.69) is 5.32 Å². The number of nitrogens with one attached hydrogen (secondary N) is 1. The predicted octanol–water partition coefficient (Wildman–Crippen LogP) is 2.82. The van der Waals surface area contributed by atoms with Crippen LogP contribution in [-0.4, -0.2) is 20.0 Å². The lowest BCUT2D eigenvalue weighted by molar-refractivity contribution is 0.174. The molecule has 1 aromatic carbocycles. The Morgan fingerprint density at radius 3 is 2.73 bits per heavy atom. The van der Waals surface area contributed by atoms with Crippen LogP contribution in [0, 0.1) is 0 Å². The van der Waals surface area contributed by atoms with E-state index in [9.17, 15) is 4.39 Å². The maximum atomic E-state index is 11.8. The van der Waals surface area contributed by atoms with Gasteiger partial charge in [0.15, 0.2) is 11.5 Å². The minimum atomic E-state index is -0.381. The van der Waals surface area contributed by atoms with Crippen LogP contribution >= 0.6 is 0 Å². The van der Waals surface area contributed by atoms with Crippen molar-refractivity contribution in [3.05, 3.63) is 18.2 Å². The molecule has 1 N–H and O–H groups in total. The van der Waals surface area contributed by atoms with E-state index in [1.54, 1.807) is 6.07 Å². The average molecular weight is 213 g/mol. The maximum absolute atomic E-state index is 11.8. The SMILES string of the molecule is CC.FCCNc1ccc2c(c1)OCO2. The molecule has 0 spiro atoms. The van der Waals surface area contributed by atoms with Crippen LogP contribution in [0.3, 0.4) is 0 Å². The van der Waals surface area contributed by atoms with Gasteiger partial charge in [-0.05, 0) is 12.1 Å². The number of anilines is 1. The van der Waals surface area contributed by atoms with E-state index in [1.807, 2.05) is 26.0 Å². The summed E-state index contributed by atoms with van der Waals surface area (Å²) in [5.41, 5.74) is 0.849. The van der Waals surface area contributed by atoms with Crippen molar-refractivity contribution < 1.29 is 13.9 Å². The Balaban J connectivity index is 0.000000531. The van der Waals surface area contributed by atoms with Gasteiger partial charge in [0.25, 0.3) is 0 Å². The van der Waals surface area contributed by atoms with Gasteiger partial charge < -0.3 is 14.8 Å². The number of hydrogen-bond donors (Lipinski definition) is 1. The molecule has 0 unspecified atom stereocenters. The minimum absolute atomic E-state index is 0.266. The molecule has 0 saturated carbocycles. The molecule has 0 aromatic heterocycles. The van der Waals surface area contributed by atoms with E-state index < -0.39 is 0 Å². The molecule has 84 valence electrons. The van der Waals surface area contributed by atoms with Crippen molar-refractivity contribution in [1.82, 2.24) is 0 Å². The topological polar surface area (TPSA) is 30.5 Å². The highest BCUT2D eigenvalue weighted by Gasteiger charge is 2.12. The van der Waals surface area contributed by atoms with Crippen LogP contribution in [0.25, 0.3) is 0 Å². The van der Waals surface area contributed by atoms with Gasteiger partial charge in [0.1, 0.15) is 6.67 Å². The lowest BCUT2D eigenvalue weighted by Crippen LogP contribution is -2.02. The van der Waals surface area contributed by atoms with Crippen LogP contribution in [0.1, 0.15) is 13.8 Å². The second-order valence-corrected chi connectivity index (χ2v) is 2.68. The normalized spacial score (nSPS) is 11.7. The van der Waals surface area contributed by atoms with Crippen molar-refractivity contribution >= 4 is 5.69 Å². The van der Waals surface area contributed by atoms with Gasteiger partial charge >= 0.3 is 0 Å². The molecule has 0 bridgehead atoms. The molecule has 1 aromatic rings. The Morgan fingerprint density at radius 1 is 1.27 bits per heavy atom. The summed E-state index contributed by atoms with van der Waals surface area (Å²) in [7, 11) is 0. The summed E-state index contributed by atoms with van der Waals surface area (Å²) >= 11 is 0. The zero-order valence-corrected chi connectivity index (χ0v) is 9.05. The molecule has 1 heterocycles. The van der Waals surface area contributed by atoms with Crippen LogP contribution in [0.5, 0.6) is 11.5 Å². The van der Waals surface area contributed by atoms with E-state index in [1.165, 1.54) is 0 Å². The van der Waals surface area contributed by atoms with Gasteiger partial charge in [0.05, 0.1) is 0 Å². The molecule has 1 aliphatic heterocycles. The molecule has 4 heteroatoms. The number of ether oxygens (including phenoxy) is 2. The molecular weight excluding hydrogens is 197 g/mol. The molecule has 0 radical (unpaired) electrons. The van der Waals surface area contributed by atoms with Crippen molar-refractivity contribution in [1.29, 1.82) is 0 Å². The Bertz CT molecular complexity index is 305. The van der Waals surface area contributed by atoms with Crippen LogP contribution in [0.2, 0.25) is 0 Å². The van der Waals surface area contributed by atoms with E-state index in [0.717, 1.165) is 11.4 Å². The van der Waals surface area contributed by atoms with Crippen molar-refractivity contribution in [3.8, 4) is 11.5 Å². The van der Waals surface area contributed by atoms with Gasteiger partial charge in [-0.2, -0.15) is 0 Å². The van der Waals surface area contributed by atoms with Gasteiger partial charge in [-0.1, -0.05) is 13.8 Å². The first-order chi connectivity index (χ1) is 7.40. The minimum Gasteiger partial charge on any atom is -0.454 e. The fourth-order valence-electron chi connectivity index (χ4n) is 1.20. The van der Waals surface area contributed by atoms with Crippen LogP contribution in [-0.2, 0) is 0 Å². The molecule has 0 atom stereocenters.